The van der Waals surface area contributed by atoms with Gasteiger partial charge in [-0.15, -0.1) is 0 Å². The summed E-state index contributed by atoms with van der Waals surface area (Å²) in [4.78, 5) is 16.4. The van der Waals surface area contributed by atoms with E-state index in [1.807, 2.05) is 12.1 Å². The van der Waals surface area contributed by atoms with Crippen molar-refractivity contribution in [3.8, 4) is 11.5 Å². The van der Waals surface area contributed by atoms with Crippen LogP contribution in [0.4, 0.5) is 11.4 Å². The van der Waals surface area contributed by atoms with Crippen molar-refractivity contribution in [2.24, 2.45) is 0 Å². The van der Waals surface area contributed by atoms with Crippen LogP contribution in [0.2, 0.25) is 0 Å². The number of amides is 1. The number of nitrogens with one attached hydrogen (secondary N) is 2. The van der Waals surface area contributed by atoms with Gasteiger partial charge in [0.25, 0.3) is 5.91 Å². The van der Waals surface area contributed by atoms with Crippen LogP contribution in [-0.4, -0.2) is 53.4 Å². The molecule has 2 N–H and O–H groups in total. The molecule has 0 unspecified atom stereocenters. The lowest BCUT2D eigenvalue weighted by molar-refractivity contribution is -0.880. The summed E-state index contributed by atoms with van der Waals surface area (Å²) in [5, 5.41) is 2.93. The summed E-state index contributed by atoms with van der Waals surface area (Å²) in [5.74, 6) is 0.956. The van der Waals surface area contributed by atoms with Crippen LogP contribution in [0.15, 0.2) is 42.5 Å². The number of methoxy groups -OCH3 is 2. The molecule has 0 saturated carbocycles. The van der Waals surface area contributed by atoms with Crippen LogP contribution in [0, 0.1) is 0 Å². The van der Waals surface area contributed by atoms with Gasteiger partial charge in [-0.1, -0.05) is 0 Å². The van der Waals surface area contributed by atoms with Gasteiger partial charge in [0.15, 0.2) is 11.5 Å². The molecule has 1 saturated heterocycles. The van der Waals surface area contributed by atoms with E-state index in [-0.39, 0.29) is 5.91 Å². The lowest BCUT2D eigenvalue weighted by atomic mass is 10.1. The van der Waals surface area contributed by atoms with Crippen molar-refractivity contribution in [1.82, 2.24) is 0 Å². The van der Waals surface area contributed by atoms with E-state index in [1.54, 1.807) is 37.3 Å². The lowest BCUT2D eigenvalue weighted by Crippen LogP contribution is -3.12. The zero-order chi connectivity index (χ0) is 18.5. The normalized spacial score (nSPS) is 14.8. The van der Waals surface area contributed by atoms with Crippen LogP contribution in [0.5, 0.6) is 11.5 Å². The summed E-state index contributed by atoms with van der Waals surface area (Å²) in [6.07, 6.45) is 0. The first-order chi connectivity index (χ1) is 12.6. The average molecular weight is 356 g/mol. The average Bonchev–Trinajstić information content (AvgIpc) is 2.68. The fraction of sp³-hybridized carbons (Fsp3) is 0.350. The van der Waals surface area contributed by atoms with E-state index < -0.39 is 0 Å². The third kappa shape index (κ3) is 4.08. The number of piperazine rings is 1. The Morgan fingerprint density at radius 1 is 1.00 bits per heavy atom. The molecule has 6 nitrogen and oxygen atoms in total. The molecule has 3 rings (SSSR count). The number of carbonyl (C=O) groups excluding carboxylic acids is 1. The van der Waals surface area contributed by atoms with Crippen molar-refractivity contribution in [3.63, 3.8) is 0 Å². The molecule has 1 aliphatic rings. The molecule has 138 valence electrons. The van der Waals surface area contributed by atoms with Gasteiger partial charge in [-0.2, -0.15) is 0 Å². The number of hydrogen-bond donors (Lipinski definition) is 2. The Morgan fingerprint density at radius 3 is 2.27 bits per heavy atom. The maximum atomic E-state index is 12.5. The second-order valence-corrected chi connectivity index (χ2v) is 6.51. The predicted octanol–water partition coefficient (Wildman–Crippen LogP) is 1.29. The summed E-state index contributed by atoms with van der Waals surface area (Å²) >= 11 is 0. The first kappa shape index (κ1) is 18.1. The number of hydrogen-bond acceptors (Lipinski definition) is 4. The van der Waals surface area contributed by atoms with Crippen molar-refractivity contribution in [1.29, 1.82) is 0 Å². The first-order valence-corrected chi connectivity index (χ1v) is 8.80. The summed E-state index contributed by atoms with van der Waals surface area (Å²) in [6.45, 7) is 4.42. The third-order valence-electron chi connectivity index (χ3n) is 4.75. The zero-order valence-electron chi connectivity index (χ0n) is 15.5. The number of ether oxygens (including phenoxy) is 2. The molecule has 2 aromatic rings. The van der Waals surface area contributed by atoms with Crippen LogP contribution in [0.25, 0.3) is 0 Å². The van der Waals surface area contributed by atoms with E-state index >= 15 is 0 Å². The minimum Gasteiger partial charge on any atom is -0.493 e. The number of likely N-dealkylation sites (N-methyl/N-ethyl adjacent to an activating group) is 1. The number of quaternary nitrogens is 1. The molecule has 1 aliphatic heterocycles. The first-order valence-electron chi connectivity index (χ1n) is 8.80. The highest BCUT2D eigenvalue weighted by Gasteiger charge is 2.17. The maximum Gasteiger partial charge on any atom is 0.255 e. The Balaban J connectivity index is 1.66. The van der Waals surface area contributed by atoms with Gasteiger partial charge in [-0.05, 0) is 42.5 Å². The van der Waals surface area contributed by atoms with Crippen molar-refractivity contribution in [3.05, 3.63) is 48.0 Å². The Labute approximate surface area is 154 Å². The molecule has 0 aromatic heterocycles. The van der Waals surface area contributed by atoms with E-state index in [9.17, 15) is 4.79 Å². The highest BCUT2D eigenvalue weighted by Crippen LogP contribution is 2.28. The summed E-state index contributed by atoms with van der Waals surface area (Å²) < 4.78 is 10.5. The van der Waals surface area contributed by atoms with Crippen LogP contribution < -0.4 is 24.6 Å². The molecule has 0 radical (unpaired) electrons. The number of rotatable bonds is 5. The Bertz CT molecular complexity index is 753. The van der Waals surface area contributed by atoms with E-state index in [0.29, 0.717) is 17.1 Å². The second kappa shape index (κ2) is 8.10. The molecule has 1 heterocycles. The molecule has 1 amide bonds. The standard InChI is InChI=1S/C20H25N3O3/c1-22-10-12-23(13-11-22)17-7-5-16(6-8-17)21-20(24)15-4-9-18(25-2)19(14-15)26-3/h4-9,14H,10-13H2,1-3H3,(H,21,24)/p+1. The quantitative estimate of drug-likeness (QED) is 0.848. The predicted molar refractivity (Wildman–Crippen MR) is 103 cm³/mol. The van der Waals surface area contributed by atoms with Crippen LogP contribution in [-0.2, 0) is 0 Å². The summed E-state index contributed by atoms with van der Waals surface area (Å²) in [7, 11) is 5.35. The van der Waals surface area contributed by atoms with Gasteiger partial charge in [-0.25, -0.2) is 0 Å². The third-order valence-corrected chi connectivity index (χ3v) is 4.75. The molecule has 0 atom stereocenters. The van der Waals surface area contributed by atoms with Crippen LogP contribution >= 0.6 is 0 Å². The van der Waals surface area contributed by atoms with E-state index in [1.165, 1.54) is 5.69 Å². The molecule has 26 heavy (non-hydrogen) atoms. The Kier molecular flexibility index (Phi) is 5.63. The SMILES string of the molecule is COc1ccc(C(=O)Nc2ccc(N3CC[NH+](C)CC3)cc2)cc1OC. The van der Waals surface area contributed by atoms with E-state index in [4.69, 9.17) is 9.47 Å². The van der Waals surface area contributed by atoms with Gasteiger partial charge in [0.2, 0.25) is 0 Å². The maximum absolute atomic E-state index is 12.5. The lowest BCUT2D eigenvalue weighted by Gasteiger charge is -2.31. The molecular formula is C20H26N3O3+. The number of carbonyl (C=O) groups is 1. The molecule has 2 aromatic carbocycles. The molecular weight excluding hydrogens is 330 g/mol. The Morgan fingerprint density at radius 2 is 1.65 bits per heavy atom. The van der Waals surface area contributed by atoms with Crippen LogP contribution in [0.1, 0.15) is 10.4 Å². The van der Waals surface area contributed by atoms with Gasteiger partial charge in [0, 0.05) is 16.9 Å². The van der Waals surface area contributed by atoms with Crippen molar-refractivity contribution < 1.29 is 19.2 Å². The van der Waals surface area contributed by atoms with E-state index in [2.05, 4.69) is 29.4 Å². The number of anilines is 2. The van der Waals surface area contributed by atoms with Crippen molar-refractivity contribution in [2.45, 2.75) is 0 Å². The minimum atomic E-state index is -0.179. The monoisotopic (exact) mass is 356 g/mol. The largest absolute Gasteiger partial charge is 0.493 e. The topological polar surface area (TPSA) is 55.2 Å². The van der Waals surface area contributed by atoms with Gasteiger partial charge in [0.1, 0.15) is 0 Å². The Hall–Kier alpha value is -2.73. The molecule has 1 fully saturated rings. The van der Waals surface area contributed by atoms with Crippen molar-refractivity contribution >= 4 is 17.3 Å². The van der Waals surface area contributed by atoms with Gasteiger partial charge < -0.3 is 24.6 Å². The highest BCUT2D eigenvalue weighted by atomic mass is 16.5. The van der Waals surface area contributed by atoms with Gasteiger partial charge >= 0.3 is 0 Å². The second-order valence-electron chi connectivity index (χ2n) is 6.51. The van der Waals surface area contributed by atoms with E-state index in [0.717, 1.165) is 31.9 Å². The molecule has 0 bridgehead atoms. The molecule has 0 spiro atoms. The molecule has 0 aliphatic carbocycles. The summed E-state index contributed by atoms with van der Waals surface area (Å²) in [6, 6.07) is 13.1. The van der Waals surface area contributed by atoms with Gasteiger partial charge in [-0.3, -0.25) is 4.79 Å². The smallest absolute Gasteiger partial charge is 0.255 e. The summed E-state index contributed by atoms with van der Waals surface area (Å²) in [5.41, 5.74) is 2.49. The fourth-order valence-electron chi connectivity index (χ4n) is 3.08. The number of benzene rings is 2. The fourth-order valence-corrected chi connectivity index (χ4v) is 3.08. The zero-order valence-corrected chi connectivity index (χ0v) is 15.5. The minimum absolute atomic E-state index is 0.179. The van der Waals surface area contributed by atoms with Crippen molar-refractivity contribution in [2.75, 3.05) is 57.7 Å². The highest BCUT2D eigenvalue weighted by molar-refractivity contribution is 6.04. The van der Waals surface area contributed by atoms with Gasteiger partial charge in [0.05, 0.1) is 47.4 Å². The van der Waals surface area contributed by atoms with Crippen LogP contribution in [0.3, 0.4) is 0 Å². The molecule has 6 heteroatoms. The number of nitrogens with zero attached hydrogens (tertiary/aromatic N) is 1.